The Balaban J connectivity index is 1.40. The van der Waals surface area contributed by atoms with Crippen LogP contribution >= 0.6 is 0 Å². The van der Waals surface area contributed by atoms with Gasteiger partial charge in [-0.25, -0.2) is 4.98 Å². The van der Waals surface area contributed by atoms with Crippen molar-refractivity contribution in [2.24, 2.45) is 5.92 Å². The Kier molecular flexibility index (Phi) is 9.95. The van der Waals surface area contributed by atoms with Crippen LogP contribution in [-0.2, 0) is 44.7 Å². The predicted molar refractivity (Wildman–Crippen MR) is 143 cm³/mol. The minimum Gasteiger partial charge on any atom is -0.463 e. The van der Waals surface area contributed by atoms with Crippen molar-refractivity contribution in [2.75, 3.05) is 18.9 Å². The molecule has 13 nitrogen and oxygen atoms in total. The van der Waals surface area contributed by atoms with Gasteiger partial charge in [0.15, 0.2) is 24.1 Å². The van der Waals surface area contributed by atoms with Gasteiger partial charge in [0, 0.05) is 33.4 Å². The highest BCUT2D eigenvalue weighted by Gasteiger charge is 2.51. The van der Waals surface area contributed by atoms with E-state index in [0.717, 1.165) is 24.8 Å². The lowest BCUT2D eigenvalue weighted by atomic mass is 10.1. The number of nitrogen functional groups attached to an aromatic ring is 1. The highest BCUT2D eigenvalue weighted by molar-refractivity contribution is 5.96. The molecule has 222 valence electrons. The molecule has 13 heteroatoms. The van der Waals surface area contributed by atoms with Gasteiger partial charge in [-0.15, -0.1) is 0 Å². The Bertz CT molecular complexity index is 1230. The second-order valence-corrected chi connectivity index (χ2v) is 10.3. The van der Waals surface area contributed by atoms with Gasteiger partial charge in [0.05, 0.1) is 12.9 Å². The second-order valence-electron chi connectivity index (χ2n) is 10.3. The summed E-state index contributed by atoms with van der Waals surface area (Å²) in [6.07, 6.45) is -0.525. The quantitative estimate of drug-likeness (QED) is 0.298. The van der Waals surface area contributed by atoms with Gasteiger partial charge >= 0.3 is 17.9 Å². The van der Waals surface area contributed by atoms with Crippen LogP contribution in [0.3, 0.4) is 0 Å². The molecule has 0 unspecified atom stereocenters. The van der Waals surface area contributed by atoms with Crippen LogP contribution in [0.2, 0.25) is 0 Å². The summed E-state index contributed by atoms with van der Waals surface area (Å²) >= 11 is 0. The highest BCUT2D eigenvalue weighted by atomic mass is 16.7. The first-order chi connectivity index (χ1) is 19.6. The molecule has 1 saturated heterocycles. The first-order valence-corrected chi connectivity index (χ1v) is 13.5. The average Bonchev–Trinajstić information content (AvgIpc) is 3.61. The fourth-order valence-corrected chi connectivity index (χ4v) is 5.19. The molecule has 0 radical (unpaired) electrons. The summed E-state index contributed by atoms with van der Waals surface area (Å²) in [5.74, 6) is -2.03. The van der Waals surface area contributed by atoms with E-state index in [1.807, 2.05) is 30.3 Å². The topological polar surface area (TPSA) is 170 Å². The van der Waals surface area contributed by atoms with E-state index in [1.54, 1.807) is 0 Å². The molecule has 1 aromatic heterocycles. The van der Waals surface area contributed by atoms with Crippen molar-refractivity contribution in [3.8, 4) is 0 Å². The van der Waals surface area contributed by atoms with Crippen molar-refractivity contribution in [1.82, 2.24) is 14.9 Å². The second kappa shape index (κ2) is 13.6. The smallest absolute Gasteiger partial charge is 0.303 e. The van der Waals surface area contributed by atoms with E-state index in [1.165, 1.54) is 31.7 Å². The molecule has 0 spiro atoms. The van der Waals surface area contributed by atoms with Crippen LogP contribution in [0.4, 0.5) is 5.82 Å². The minimum atomic E-state index is -1.14. The van der Waals surface area contributed by atoms with Gasteiger partial charge < -0.3 is 34.7 Å². The number of rotatable bonds is 11. The number of nitrogens with zero attached hydrogens (tertiary/aromatic N) is 2. The SMILES string of the molecule is CC(=O)OC[C@H]1O[C@@H](n2cnc(C(=O)N[C@H]3CC[C@@H](COCc4ccccc4)C3)c2N)[C@H](OC(C)=O)[C@@H]1OC(C)=O. The third-order valence-corrected chi connectivity index (χ3v) is 7.00. The fraction of sp³-hybridized carbons (Fsp3) is 0.536. The lowest BCUT2D eigenvalue weighted by Gasteiger charge is -2.24. The minimum absolute atomic E-state index is 0.0218. The van der Waals surface area contributed by atoms with Crippen LogP contribution in [0.1, 0.15) is 62.3 Å². The van der Waals surface area contributed by atoms with E-state index in [4.69, 9.17) is 29.4 Å². The summed E-state index contributed by atoms with van der Waals surface area (Å²) in [6, 6.07) is 9.88. The lowest BCUT2D eigenvalue weighted by Crippen LogP contribution is -2.40. The normalized spacial score (nSPS) is 25.4. The molecule has 1 aliphatic carbocycles. The molecule has 1 aliphatic heterocycles. The largest absolute Gasteiger partial charge is 0.463 e. The molecule has 2 aromatic rings. The van der Waals surface area contributed by atoms with Crippen LogP contribution in [0.25, 0.3) is 0 Å². The van der Waals surface area contributed by atoms with E-state index < -0.39 is 48.4 Å². The summed E-state index contributed by atoms with van der Waals surface area (Å²) in [6.45, 7) is 4.49. The molecule has 2 aliphatic rings. The van der Waals surface area contributed by atoms with Gasteiger partial charge in [-0.1, -0.05) is 30.3 Å². The molecule has 4 rings (SSSR count). The molecule has 6 atom stereocenters. The van der Waals surface area contributed by atoms with Crippen LogP contribution in [0.5, 0.6) is 0 Å². The summed E-state index contributed by atoms with van der Waals surface area (Å²) in [5.41, 5.74) is 7.41. The third kappa shape index (κ3) is 7.82. The zero-order valence-corrected chi connectivity index (χ0v) is 23.3. The number of nitrogens with one attached hydrogen (secondary N) is 1. The Morgan fingerprint density at radius 1 is 1.00 bits per heavy atom. The number of benzene rings is 1. The van der Waals surface area contributed by atoms with Crippen molar-refractivity contribution < 1.29 is 42.9 Å². The van der Waals surface area contributed by atoms with E-state index in [0.29, 0.717) is 19.1 Å². The molecular formula is C28H36N4O9. The molecule has 1 amide bonds. The predicted octanol–water partition coefficient (Wildman–Crippen LogP) is 1.90. The number of hydrogen-bond acceptors (Lipinski definition) is 11. The number of anilines is 1. The molecule has 2 fully saturated rings. The summed E-state index contributed by atoms with van der Waals surface area (Å²) in [4.78, 5) is 52.4. The van der Waals surface area contributed by atoms with Gasteiger partial charge in [-0.3, -0.25) is 23.7 Å². The number of ether oxygens (including phenoxy) is 5. The van der Waals surface area contributed by atoms with Crippen LogP contribution in [0.15, 0.2) is 36.7 Å². The summed E-state index contributed by atoms with van der Waals surface area (Å²) in [7, 11) is 0. The zero-order valence-electron chi connectivity index (χ0n) is 23.3. The van der Waals surface area contributed by atoms with Crippen molar-refractivity contribution in [3.05, 3.63) is 47.9 Å². The standard InChI is InChI=1S/C28H36N4O9/c1-16(33)38-14-22-24(39-17(2)34)25(40-18(3)35)28(41-22)32-15-30-23(26(32)29)27(36)31-21-10-9-20(11-21)13-37-12-19-7-5-4-6-8-19/h4-8,15,20-22,24-25,28H,9-14,29H2,1-3H3,(H,31,36)/t20-,21+,22-,24-,25-,28-/m1/s1. The van der Waals surface area contributed by atoms with E-state index >= 15 is 0 Å². The number of amides is 1. The van der Waals surface area contributed by atoms with Gasteiger partial charge in [-0.05, 0) is 30.7 Å². The Morgan fingerprint density at radius 3 is 2.39 bits per heavy atom. The van der Waals surface area contributed by atoms with Crippen molar-refractivity contribution in [3.63, 3.8) is 0 Å². The monoisotopic (exact) mass is 572 g/mol. The first kappa shape index (κ1) is 30.0. The maximum atomic E-state index is 13.1. The zero-order chi connectivity index (χ0) is 29.5. The average molecular weight is 573 g/mol. The summed E-state index contributed by atoms with van der Waals surface area (Å²) in [5, 5.41) is 2.99. The highest BCUT2D eigenvalue weighted by Crippen LogP contribution is 2.36. The number of aromatic nitrogens is 2. The number of carbonyl (C=O) groups is 4. The molecule has 2 heterocycles. The van der Waals surface area contributed by atoms with E-state index in [9.17, 15) is 19.2 Å². The number of imidazole rings is 1. The fourth-order valence-electron chi connectivity index (χ4n) is 5.19. The number of hydrogen-bond donors (Lipinski definition) is 2. The van der Waals surface area contributed by atoms with E-state index in [-0.39, 0.29) is 24.2 Å². The first-order valence-electron chi connectivity index (χ1n) is 13.5. The maximum Gasteiger partial charge on any atom is 0.303 e. The number of esters is 3. The van der Waals surface area contributed by atoms with Gasteiger partial charge in [-0.2, -0.15) is 0 Å². The molecular weight excluding hydrogens is 536 g/mol. The molecule has 41 heavy (non-hydrogen) atoms. The third-order valence-electron chi connectivity index (χ3n) is 7.00. The van der Waals surface area contributed by atoms with Crippen molar-refractivity contribution in [1.29, 1.82) is 0 Å². The van der Waals surface area contributed by atoms with Crippen LogP contribution in [0, 0.1) is 5.92 Å². The van der Waals surface area contributed by atoms with Crippen molar-refractivity contribution in [2.45, 2.75) is 77.2 Å². The van der Waals surface area contributed by atoms with E-state index in [2.05, 4.69) is 10.3 Å². The lowest BCUT2D eigenvalue weighted by molar-refractivity contribution is -0.166. The van der Waals surface area contributed by atoms with Gasteiger partial charge in [0.2, 0.25) is 0 Å². The molecule has 1 saturated carbocycles. The van der Waals surface area contributed by atoms with Crippen LogP contribution < -0.4 is 11.1 Å². The van der Waals surface area contributed by atoms with Gasteiger partial charge in [0.25, 0.3) is 5.91 Å². The van der Waals surface area contributed by atoms with Crippen molar-refractivity contribution >= 4 is 29.6 Å². The number of carbonyl (C=O) groups excluding carboxylic acids is 4. The van der Waals surface area contributed by atoms with Gasteiger partial charge in [0.1, 0.15) is 18.5 Å². The molecule has 0 bridgehead atoms. The van der Waals surface area contributed by atoms with Crippen LogP contribution in [-0.4, -0.2) is 70.9 Å². The maximum absolute atomic E-state index is 13.1. The Labute approximate surface area is 237 Å². The molecule has 3 N–H and O–H groups in total. The molecule has 1 aromatic carbocycles. The summed E-state index contributed by atoms with van der Waals surface area (Å²) < 4.78 is 29.0. The number of nitrogens with two attached hydrogens (primary N) is 1. The Morgan fingerprint density at radius 2 is 1.71 bits per heavy atom. The Hall–Kier alpha value is -3.97.